The van der Waals surface area contributed by atoms with Crippen molar-refractivity contribution in [3.05, 3.63) is 29.7 Å². The third-order valence-corrected chi connectivity index (χ3v) is 2.49. The molecule has 1 aromatic heterocycles. The molecule has 3 nitrogen and oxygen atoms in total. The zero-order valence-corrected chi connectivity index (χ0v) is 8.82. The molecule has 0 saturated heterocycles. The minimum Gasteiger partial charge on any atom is -0.441 e. The quantitative estimate of drug-likeness (QED) is 0.748. The molecule has 0 spiro atoms. The molecule has 0 aliphatic carbocycles. The highest BCUT2D eigenvalue weighted by Gasteiger charge is 2.10. The van der Waals surface area contributed by atoms with Crippen LogP contribution in [0.15, 0.2) is 22.6 Å². The third-order valence-electron chi connectivity index (χ3n) is 2.49. The Bertz CT molecular complexity index is 522. The molecule has 0 radical (unpaired) electrons. The summed E-state index contributed by atoms with van der Waals surface area (Å²) in [4.78, 5) is 4.22. The van der Waals surface area contributed by atoms with E-state index < -0.39 is 0 Å². The second-order valence-electron chi connectivity index (χ2n) is 3.55. The summed E-state index contributed by atoms with van der Waals surface area (Å²) in [6, 6.07) is 8.04. The summed E-state index contributed by atoms with van der Waals surface area (Å²) in [7, 11) is 0. The van der Waals surface area contributed by atoms with Crippen molar-refractivity contribution in [3.8, 4) is 6.07 Å². The van der Waals surface area contributed by atoms with Crippen LogP contribution in [-0.2, 0) is 0 Å². The van der Waals surface area contributed by atoms with E-state index in [0.29, 0.717) is 5.89 Å². The second kappa shape index (κ2) is 3.74. The Morgan fingerprint density at radius 1 is 1.53 bits per heavy atom. The highest BCUT2D eigenvalue weighted by molar-refractivity contribution is 5.73. The van der Waals surface area contributed by atoms with Crippen molar-refractivity contribution in [3.63, 3.8) is 0 Å². The van der Waals surface area contributed by atoms with Gasteiger partial charge >= 0.3 is 0 Å². The lowest BCUT2D eigenvalue weighted by Crippen LogP contribution is -1.92. The van der Waals surface area contributed by atoms with Gasteiger partial charge in [0.05, 0.1) is 12.0 Å². The minimum atomic E-state index is -0.0557. The summed E-state index contributed by atoms with van der Waals surface area (Å²) >= 11 is 0. The molecule has 0 amide bonds. The second-order valence-corrected chi connectivity index (χ2v) is 3.55. The van der Waals surface area contributed by atoms with E-state index in [1.54, 1.807) is 0 Å². The van der Waals surface area contributed by atoms with Gasteiger partial charge < -0.3 is 4.42 Å². The molecule has 0 fully saturated rings. The molecule has 0 saturated carbocycles. The first-order valence-corrected chi connectivity index (χ1v) is 5.01. The molecule has 1 heterocycles. The van der Waals surface area contributed by atoms with E-state index in [1.807, 2.05) is 32.0 Å². The normalized spacial score (nSPS) is 12.6. The summed E-state index contributed by atoms with van der Waals surface area (Å²) < 4.78 is 5.43. The minimum absolute atomic E-state index is 0.0557. The number of fused-ring (bicyclic) bond motifs is 1. The van der Waals surface area contributed by atoms with Gasteiger partial charge in [0.15, 0.2) is 11.5 Å². The summed E-state index contributed by atoms with van der Waals surface area (Å²) in [6.45, 7) is 3.82. The predicted octanol–water partition coefficient (Wildman–Crippen LogP) is 3.15. The molecule has 2 aromatic rings. The molecule has 1 atom stereocenters. The van der Waals surface area contributed by atoms with Gasteiger partial charge in [0.1, 0.15) is 5.52 Å². The zero-order chi connectivity index (χ0) is 10.8. The molecule has 0 N–H and O–H groups in total. The molecule has 0 aliphatic heterocycles. The number of rotatable bonds is 2. The average molecular weight is 200 g/mol. The van der Waals surface area contributed by atoms with Gasteiger partial charge in [-0.05, 0) is 24.1 Å². The number of hydrogen-bond acceptors (Lipinski definition) is 3. The molecule has 0 aliphatic rings. The Hall–Kier alpha value is -1.82. The molecule has 2 rings (SSSR count). The van der Waals surface area contributed by atoms with Crippen LogP contribution in [0.3, 0.4) is 0 Å². The Morgan fingerprint density at radius 3 is 3.00 bits per heavy atom. The average Bonchev–Trinajstić information content (AvgIpc) is 2.59. The number of nitriles is 1. The number of hydrogen-bond donors (Lipinski definition) is 0. The number of oxazole rings is 1. The standard InChI is InChI=1S/C12H12N2O/c1-3-9(7-13)10-4-5-11-12(6-10)15-8(2)14-11/h4-6,9H,3H2,1-2H3. The lowest BCUT2D eigenvalue weighted by Gasteiger charge is -2.04. The summed E-state index contributed by atoms with van der Waals surface area (Å²) in [5.41, 5.74) is 2.62. The fourth-order valence-electron chi connectivity index (χ4n) is 1.67. The van der Waals surface area contributed by atoms with Crippen LogP contribution < -0.4 is 0 Å². The molecule has 1 aromatic carbocycles. The van der Waals surface area contributed by atoms with Crippen LogP contribution in [0, 0.1) is 18.3 Å². The Labute approximate surface area is 88.3 Å². The van der Waals surface area contributed by atoms with Crippen molar-refractivity contribution in [1.29, 1.82) is 5.26 Å². The van der Waals surface area contributed by atoms with Crippen molar-refractivity contribution in [2.75, 3.05) is 0 Å². The van der Waals surface area contributed by atoms with Gasteiger partial charge in [-0.15, -0.1) is 0 Å². The van der Waals surface area contributed by atoms with Crippen molar-refractivity contribution in [2.24, 2.45) is 0 Å². The zero-order valence-electron chi connectivity index (χ0n) is 8.82. The third kappa shape index (κ3) is 1.71. The first-order chi connectivity index (χ1) is 7.24. The summed E-state index contributed by atoms with van der Waals surface area (Å²) in [6.07, 6.45) is 0.815. The topological polar surface area (TPSA) is 49.8 Å². The van der Waals surface area contributed by atoms with Crippen molar-refractivity contribution in [2.45, 2.75) is 26.2 Å². The Balaban J connectivity index is 2.51. The van der Waals surface area contributed by atoms with Crippen LogP contribution in [0.5, 0.6) is 0 Å². The van der Waals surface area contributed by atoms with Gasteiger partial charge in [-0.3, -0.25) is 0 Å². The maximum Gasteiger partial charge on any atom is 0.192 e. The van der Waals surface area contributed by atoms with Crippen LogP contribution in [-0.4, -0.2) is 4.98 Å². The van der Waals surface area contributed by atoms with Crippen molar-refractivity contribution < 1.29 is 4.42 Å². The van der Waals surface area contributed by atoms with E-state index in [0.717, 1.165) is 23.1 Å². The smallest absolute Gasteiger partial charge is 0.192 e. The molecular weight excluding hydrogens is 188 g/mol. The fourth-order valence-corrected chi connectivity index (χ4v) is 1.67. The lowest BCUT2D eigenvalue weighted by molar-refractivity contribution is 0.560. The van der Waals surface area contributed by atoms with E-state index >= 15 is 0 Å². The molecule has 3 heteroatoms. The van der Waals surface area contributed by atoms with Gasteiger partial charge in [-0.2, -0.15) is 5.26 Å². The number of aryl methyl sites for hydroxylation is 1. The van der Waals surface area contributed by atoms with Gasteiger partial charge in [-0.25, -0.2) is 4.98 Å². The largest absolute Gasteiger partial charge is 0.441 e. The lowest BCUT2D eigenvalue weighted by atomic mass is 9.98. The molecule has 76 valence electrons. The number of aromatic nitrogens is 1. The fraction of sp³-hybridized carbons (Fsp3) is 0.333. The molecule has 15 heavy (non-hydrogen) atoms. The van der Waals surface area contributed by atoms with Crippen LogP contribution in [0.1, 0.15) is 30.7 Å². The van der Waals surface area contributed by atoms with E-state index in [1.165, 1.54) is 0 Å². The maximum absolute atomic E-state index is 8.96. The highest BCUT2D eigenvalue weighted by atomic mass is 16.3. The first-order valence-electron chi connectivity index (χ1n) is 5.01. The van der Waals surface area contributed by atoms with E-state index in [9.17, 15) is 0 Å². The van der Waals surface area contributed by atoms with E-state index in [4.69, 9.17) is 9.68 Å². The highest BCUT2D eigenvalue weighted by Crippen LogP contribution is 2.23. The summed E-state index contributed by atoms with van der Waals surface area (Å²) in [5, 5.41) is 8.96. The van der Waals surface area contributed by atoms with E-state index in [2.05, 4.69) is 11.1 Å². The van der Waals surface area contributed by atoms with Gasteiger partial charge in [0.2, 0.25) is 0 Å². The van der Waals surface area contributed by atoms with Crippen LogP contribution >= 0.6 is 0 Å². The van der Waals surface area contributed by atoms with E-state index in [-0.39, 0.29) is 5.92 Å². The number of benzene rings is 1. The Kier molecular flexibility index (Phi) is 2.42. The van der Waals surface area contributed by atoms with Crippen LogP contribution in [0.25, 0.3) is 11.1 Å². The Morgan fingerprint density at radius 2 is 2.33 bits per heavy atom. The molecule has 0 bridgehead atoms. The van der Waals surface area contributed by atoms with Crippen LogP contribution in [0.4, 0.5) is 0 Å². The number of nitrogens with zero attached hydrogens (tertiary/aromatic N) is 2. The first kappa shape index (κ1) is 9.72. The SMILES string of the molecule is CCC(C#N)c1ccc2nc(C)oc2c1. The van der Waals surface area contributed by atoms with Gasteiger partial charge in [-0.1, -0.05) is 13.0 Å². The van der Waals surface area contributed by atoms with Crippen molar-refractivity contribution in [1.82, 2.24) is 4.98 Å². The molecule has 1 unspecified atom stereocenters. The monoisotopic (exact) mass is 200 g/mol. The van der Waals surface area contributed by atoms with Crippen molar-refractivity contribution >= 4 is 11.1 Å². The molecular formula is C12H12N2O. The summed E-state index contributed by atoms with van der Waals surface area (Å²) in [5.74, 6) is 0.604. The predicted molar refractivity (Wildman–Crippen MR) is 57.4 cm³/mol. The maximum atomic E-state index is 8.96. The van der Waals surface area contributed by atoms with Gasteiger partial charge in [0.25, 0.3) is 0 Å². The van der Waals surface area contributed by atoms with Gasteiger partial charge in [0, 0.05) is 6.92 Å². The van der Waals surface area contributed by atoms with Crippen LogP contribution in [0.2, 0.25) is 0 Å².